The van der Waals surface area contributed by atoms with Gasteiger partial charge in [-0.1, -0.05) is 51.5 Å². The fourth-order valence-corrected chi connectivity index (χ4v) is 3.53. The quantitative estimate of drug-likeness (QED) is 0.314. The second kappa shape index (κ2) is 9.01. The number of hydrogen-bond acceptors (Lipinski definition) is 7. The van der Waals surface area contributed by atoms with Crippen LogP contribution in [0, 0.1) is 0 Å². The molecule has 0 unspecified atom stereocenters. The number of furan rings is 1. The zero-order chi connectivity index (χ0) is 23.7. The predicted octanol–water partition coefficient (Wildman–Crippen LogP) is 3.37. The van der Waals surface area contributed by atoms with E-state index in [2.05, 4.69) is 23.8 Å². The third-order valence-electron chi connectivity index (χ3n) is 5.54. The van der Waals surface area contributed by atoms with Crippen molar-refractivity contribution in [2.45, 2.75) is 46.1 Å². The average Bonchev–Trinajstić information content (AvgIpc) is 3.23. The Kier molecular flexibility index (Phi) is 6.13. The first-order valence-electron chi connectivity index (χ1n) is 11.0. The molecule has 0 saturated heterocycles. The lowest BCUT2D eigenvalue weighted by molar-refractivity contribution is -0.144. The van der Waals surface area contributed by atoms with Gasteiger partial charge in [-0.25, -0.2) is 14.3 Å². The van der Waals surface area contributed by atoms with Crippen LogP contribution in [0.2, 0.25) is 0 Å². The fraction of sp³-hybridized carbons (Fsp3) is 0.375. The van der Waals surface area contributed by atoms with E-state index in [0.717, 1.165) is 16.6 Å². The minimum absolute atomic E-state index is 0.0199. The number of carbonyl (C=O) groups is 1. The molecule has 9 nitrogen and oxygen atoms in total. The van der Waals surface area contributed by atoms with E-state index < -0.39 is 23.8 Å². The van der Waals surface area contributed by atoms with E-state index in [0.29, 0.717) is 23.6 Å². The third-order valence-corrected chi connectivity index (χ3v) is 5.54. The zero-order valence-corrected chi connectivity index (χ0v) is 19.1. The average molecular weight is 450 g/mol. The van der Waals surface area contributed by atoms with E-state index in [1.807, 2.05) is 31.2 Å². The molecule has 0 aliphatic heterocycles. The summed E-state index contributed by atoms with van der Waals surface area (Å²) in [6.45, 7) is 5.98. The maximum Gasteiger partial charge on any atom is 0.333 e. The van der Waals surface area contributed by atoms with Gasteiger partial charge in [0, 0.05) is 18.7 Å². The molecule has 172 valence electrons. The van der Waals surface area contributed by atoms with Crippen molar-refractivity contribution in [3.05, 3.63) is 56.7 Å². The number of carbonyl (C=O) groups excluding carboxylic acids is 1. The van der Waals surface area contributed by atoms with Crippen LogP contribution in [0.1, 0.15) is 45.1 Å². The van der Waals surface area contributed by atoms with Crippen molar-refractivity contribution in [1.29, 1.82) is 0 Å². The van der Waals surface area contributed by atoms with Crippen LogP contribution in [-0.2, 0) is 23.1 Å². The number of aromatic nitrogens is 4. The summed E-state index contributed by atoms with van der Waals surface area (Å²) in [7, 11) is 1.47. The number of nitrogens with zero attached hydrogens (tertiary/aromatic N) is 4. The summed E-state index contributed by atoms with van der Waals surface area (Å²) in [5.41, 5.74) is 1.36. The van der Waals surface area contributed by atoms with Crippen LogP contribution in [0.25, 0.3) is 33.7 Å². The lowest BCUT2D eigenvalue weighted by Gasteiger charge is -2.09. The van der Waals surface area contributed by atoms with Gasteiger partial charge in [-0.2, -0.15) is 4.98 Å². The van der Waals surface area contributed by atoms with E-state index >= 15 is 0 Å². The molecule has 0 atom stereocenters. The Balaban J connectivity index is 1.76. The lowest BCUT2D eigenvalue weighted by Crippen LogP contribution is -2.41. The van der Waals surface area contributed by atoms with Crippen LogP contribution < -0.4 is 11.2 Å². The Bertz CT molecular complexity index is 1440. The molecule has 0 spiro atoms. The first-order chi connectivity index (χ1) is 15.8. The lowest BCUT2D eigenvalue weighted by atomic mass is 10.0. The maximum atomic E-state index is 13.0. The third kappa shape index (κ3) is 4.30. The van der Waals surface area contributed by atoms with Crippen LogP contribution in [0.5, 0.6) is 0 Å². The predicted molar refractivity (Wildman–Crippen MR) is 124 cm³/mol. The van der Waals surface area contributed by atoms with Crippen molar-refractivity contribution in [3.63, 3.8) is 0 Å². The highest BCUT2D eigenvalue weighted by atomic mass is 16.5. The fourth-order valence-electron chi connectivity index (χ4n) is 3.53. The molecule has 33 heavy (non-hydrogen) atoms. The number of ether oxygens (including phenoxy) is 1. The van der Waals surface area contributed by atoms with Crippen molar-refractivity contribution >= 4 is 28.4 Å². The highest BCUT2D eigenvalue weighted by Crippen LogP contribution is 2.28. The van der Waals surface area contributed by atoms with Gasteiger partial charge in [0.2, 0.25) is 5.71 Å². The molecule has 9 heteroatoms. The number of benzene rings is 1. The van der Waals surface area contributed by atoms with E-state index in [4.69, 9.17) is 9.15 Å². The van der Waals surface area contributed by atoms with Gasteiger partial charge in [-0.05, 0) is 17.9 Å². The molecule has 3 heterocycles. The zero-order valence-electron chi connectivity index (χ0n) is 19.1. The van der Waals surface area contributed by atoms with Crippen LogP contribution >= 0.6 is 0 Å². The molecule has 0 fully saturated rings. The standard InChI is InChI=1S/C24H26N4O5/c1-5-6-11-32-19(29)13-28-23(30)20-21(27(4)24(28)31)26-22-17(25-20)12-18(33-22)16-9-7-15(8-10-16)14(2)3/h7-10,12,14H,5-6,11,13H2,1-4H3. The molecule has 0 aliphatic rings. The molecule has 4 rings (SSSR count). The second-order valence-corrected chi connectivity index (χ2v) is 8.28. The Morgan fingerprint density at radius 3 is 2.55 bits per heavy atom. The monoisotopic (exact) mass is 450 g/mol. The summed E-state index contributed by atoms with van der Waals surface area (Å²) in [5, 5.41) is 0. The summed E-state index contributed by atoms with van der Waals surface area (Å²) in [4.78, 5) is 46.6. The van der Waals surface area contributed by atoms with E-state index in [9.17, 15) is 14.4 Å². The van der Waals surface area contributed by atoms with Crippen LogP contribution in [0.15, 0.2) is 44.3 Å². The van der Waals surface area contributed by atoms with Crippen molar-refractivity contribution in [2.75, 3.05) is 6.61 Å². The van der Waals surface area contributed by atoms with Gasteiger partial charge in [0.05, 0.1) is 6.61 Å². The summed E-state index contributed by atoms with van der Waals surface area (Å²) in [6.07, 6.45) is 1.58. The molecule has 0 bridgehead atoms. The Morgan fingerprint density at radius 1 is 1.15 bits per heavy atom. The highest BCUT2D eigenvalue weighted by molar-refractivity contribution is 5.84. The van der Waals surface area contributed by atoms with Gasteiger partial charge >= 0.3 is 11.7 Å². The molecule has 0 radical (unpaired) electrons. The summed E-state index contributed by atoms with van der Waals surface area (Å²) >= 11 is 0. The Morgan fingerprint density at radius 2 is 1.88 bits per heavy atom. The molecule has 0 aliphatic carbocycles. The molecule has 3 aromatic heterocycles. The number of aryl methyl sites for hydroxylation is 1. The minimum Gasteiger partial charge on any atom is -0.464 e. The number of esters is 1. The highest BCUT2D eigenvalue weighted by Gasteiger charge is 2.19. The van der Waals surface area contributed by atoms with E-state index in [-0.39, 0.29) is 23.5 Å². The molecule has 4 aromatic rings. The number of fused-ring (bicyclic) bond motifs is 2. The van der Waals surface area contributed by atoms with Crippen molar-refractivity contribution < 1.29 is 13.9 Å². The Hall–Kier alpha value is -3.75. The molecular weight excluding hydrogens is 424 g/mol. The molecule has 0 amide bonds. The minimum atomic E-state index is -0.695. The first kappa shape index (κ1) is 22.4. The first-order valence-corrected chi connectivity index (χ1v) is 11.0. The normalized spacial score (nSPS) is 11.5. The van der Waals surface area contributed by atoms with Crippen LogP contribution in [0.3, 0.4) is 0 Å². The Labute approximate surface area is 189 Å². The topological polar surface area (TPSA) is 109 Å². The van der Waals surface area contributed by atoms with Gasteiger partial charge in [-0.3, -0.25) is 14.2 Å². The van der Waals surface area contributed by atoms with Crippen LogP contribution in [0.4, 0.5) is 0 Å². The van der Waals surface area contributed by atoms with Gasteiger partial charge in [0.25, 0.3) is 5.56 Å². The molecule has 1 aromatic carbocycles. The SMILES string of the molecule is CCCCOC(=O)Cn1c(=O)c2nc3cc(-c4ccc(C(C)C)cc4)oc3nc2n(C)c1=O. The summed E-state index contributed by atoms with van der Waals surface area (Å²) in [5.74, 6) is 0.322. The molecule has 0 saturated carbocycles. The van der Waals surface area contributed by atoms with Crippen LogP contribution in [-0.4, -0.2) is 31.7 Å². The largest absolute Gasteiger partial charge is 0.464 e. The summed E-state index contributed by atoms with van der Waals surface area (Å²) in [6, 6.07) is 9.69. The smallest absolute Gasteiger partial charge is 0.333 e. The van der Waals surface area contributed by atoms with Crippen molar-refractivity contribution in [3.8, 4) is 11.3 Å². The number of hydrogen-bond donors (Lipinski definition) is 0. The van der Waals surface area contributed by atoms with Crippen molar-refractivity contribution in [1.82, 2.24) is 19.1 Å². The molecular formula is C24H26N4O5. The summed E-state index contributed by atoms with van der Waals surface area (Å²) < 4.78 is 13.0. The van der Waals surface area contributed by atoms with Gasteiger partial charge in [0.15, 0.2) is 11.2 Å². The van der Waals surface area contributed by atoms with Crippen molar-refractivity contribution in [2.24, 2.45) is 7.05 Å². The maximum absolute atomic E-state index is 13.0. The van der Waals surface area contributed by atoms with Gasteiger partial charge < -0.3 is 9.15 Å². The van der Waals surface area contributed by atoms with E-state index in [1.165, 1.54) is 17.2 Å². The number of rotatable bonds is 7. The number of unbranched alkanes of at least 4 members (excludes halogenated alkanes) is 1. The van der Waals surface area contributed by atoms with Gasteiger partial charge in [0.1, 0.15) is 17.8 Å². The van der Waals surface area contributed by atoms with Gasteiger partial charge in [-0.15, -0.1) is 0 Å². The second-order valence-electron chi connectivity index (χ2n) is 8.28. The van der Waals surface area contributed by atoms with E-state index in [1.54, 1.807) is 6.07 Å². The molecule has 0 N–H and O–H groups in total.